The van der Waals surface area contributed by atoms with Crippen LogP contribution in [0.5, 0.6) is 17.2 Å². The van der Waals surface area contributed by atoms with Gasteiger partial charge in [0.25, 0.3) is 5.91 Å². The van der Waals surface area contributed by atoms with Gasteiger partial charge < -0.3 is 31.0 Å². The number of rotatable bonds is 8. The number of carbonyl (C=O) groups excluding carboxylic acids is 1. The first-order valence-corrected chi connectivity index (χ1v) is 10.2. The van der Waals surface area contributed by atoms with Gasteiger partial charge >= 0.3 is 0 Å². The molecule has 0 radical (unpaired) electrons. The molecule has 5 N–H and O–H groups in total. The summed E-state index contributed by atoms with van der Waals surface area (Å²) in [6, 6.07) is 10.1. The summed E-state index contributed by atoms with van der Waals surface area (Å²) < 4.78 is 16.3. The quantitative estimate of drug-likeness (QED) is 0.614. The molecule has 30 heavy (non-hydrogen) atoms. The Balaban J connectivity index is 1.87. The Morgan fingerprint density at radius 1 is 0.967 bits per heavy atom. The van der Waals surface area contributed by atoms with E-state index < -0.39 is 5.91 Å². The molecule has 0 heterocycles. The zero-order chi connectivity index (χ0) is 21.7. The van der Waals surface area contributed by atoms with E-state index >= 15 is 0 Å². The van der Waals surface area contributed by atoms with E-state index in [0.717, 1.165) is 42.5 Å². The number of nitrogens with one attached hydrogen (secondary N) is 1. The zero-order valence-corrected chi connectivity index (χ0v) is 17.9. The molecule has 2 aromatic rings. The fourth-order valence-electron chi connectivity index (χ4n) is 3.99. The van der Waals surface area contributed by atoms with Gasteiger partial charge in [0.05, 0.1) is 26.9 Å². The molecule has 1 aliphatic rings. The maximum Gasteiger partial charge on any atom is 0.250 e. The Morgan fingerprint density at radius 3 is 2.13 bits per heavy atom. The lowest BCUT2D eigenvalue weighted by Gasteiger charge is -2.28. The highest BCUT2D eigenvalue weighted by molar-refractivity contribution is 5.98. The van der Waals surface area contributed by atoms with Crippen LogP contribution < -0.4 is 31.0 Å². The summed E-state index contributed by atoms with van der Waals surface area (Å²) in [4.78, 5) is 11.9. The Kier molecular flexibility index (Phi) is 7.05. The Labute approximate surface area is 177 Å². The van der Waals surface area contributed by atoms with Gasteiger partial charge in [0, 0.05) is 17.8 Å². The molecule has 3 rings (SSSR count). The minimum atomic E-state index is -0.440. The second-order valence-electron chi connectivity index (χ2n) is 7.71. The summed E-state index contributed by atoms with van der Waals surface area (Å²) in [5.74, 6) is 1.34. The predicted octanol–water partition coefficient (Wildman–Crippen LogP) is 3.08. The SMILES string of the molecule is COc1cc(Cc2ccc(C(N)=O)c(NC3CCC(N)CC3)c2)cc(OC)c1OC. The van der Waals surface area contributed by atoms with Crippen LogP contribution in [0.2, 0.25) is 0 Å². The van der Waals surface area contributed by atoms with Gasteiger partial charge in [-0.3, -0.25) is 4.79 Å². The molecule has 1 fully saturated rings. The third-order valence-corrected chi connectivity index (χ3v) is 5.61. The van der Waals surface area contributed by atoms with Gasteiger partial charge in [0.1, 0.15) is 0 Å². The molecule has 0 bridgehead atoms. The van der Waals surface area contributed by atoms with Crippen molar-refractivity contribution in [1.29, 1.82) is 0 Å². The number of ether oxygens (including phenoxy) is 3. The number of amides is 1. The summed E-state index contributed by atoms with van der Waals surface area (Å²) in [6.45, 7) is 0. The molecule has 2 aromatic carbocycles. The zero-order valence-electron chi connectivity index (χ0n) is 17.9. The van der Waals surface area contributed by atoms with Crippen molar-refractivity contribution in [2.24, 2.45) is 11.5 Å². The van der Waals surface area contributed by atoms with E-state index in [2.05, 4.69) is 5.32 Å². The molecular formula is C23H31N3O4. The highest BCUT2D eigenvalue weighted by Gasteiger charge is 2.20. The van der Waals surface area contributed by atoms with Crippen LogP contribution in [-0.2, 0) is 6.42 Å². The van der Waals surface area contributed by atoms with E-state index in [4.69, 9.17) is 25.7 Å². The number of carbonyl (C=O) groups is 1. The lowest BCUT2D eigenvalue weighted by molar-refractivity contribution is 0.100. The van der Waals surface area contributed by atoms with E-state index in [0.29, 0.717) is 35.3 Å². The Hall–Kier alpha value is -2.93. The van der Waals surface area contributed by atoms with Crippen LogP contribution in [-0.4, -0.2) is 39.3 Å². The fraction of sp³-hybridized carbons (Fsp3) is 0.435. The van der Waals surface area contributed by atoms with E-state index in [1.807, 2.05) is 24.3 Å². The average molecular weight is 414 g/mol. The van der Waals surface area contributed by atoms with Crippen molar-refractivity contribution in [3.63, 3.8) is 0 Å². The summed E-state index contributed by atoms with van der Waals surface area (Å²) in [5, 5.41) is 3.52. The minimum Gasteiger partial charge on any atom is -0.493 e. The second kappa shape index (κ2) is 9.71. The predicted molar refractivity (Wildman–Crippen MR) is 118 cm³/mol. The number of anilines is 1. The number of nitrogens with two attached hydrogens (primary N) is 2. The van der Waals surface area contributed by atoms with E-state index in [1.54, 1.807) is 27.4 Å². The van der Waals surface area contributed by atoms with E-state index in [1.165, 1.54) is 0 Å². The minimum absolute atomic E-state index is 0.269. The summed E-state index contributed by atoms with van der Waals surface area (Å²) in [6.07, 6.45) is 4.57. The van der Waals surface area contributed by atoms with Crippen LogP contribution >= 0.6 is 0 Å². The molecule has 0 aliphatic heterocycles. The van der Waals surface area contributed by atoms with Gasteiger partial charge in [0.2, 0.25) is 5.75 Å². The van der Waals surface area contributed by atoms with Crippen molar-refractivity contribution in [2.45, 2.75) is 44.2 Å². The second-order valence-corrected chi connectivity index (χ2v) is 7.71. The van der Waals surface area contributed by atoms with Gasteiger partial charge in [-0.25, -0.2) is 0 Å². The third kappa shape index (κ3) is 4.97. The molecule has 0 unspecified atom stereocenters. The smallest absolute Gasteiger partial charge is 0.250 e. The third-order valence-electron chi connectivity index (χ3n) is 5.61. The maximum absolute atomic E-state index is 11.9. The lowest BCUT2D eigenvalue weighted by atomic mass is 9.91. The lowest BCUT2D eigenvalue weighted by Crippen LogP contribution is -2.33. The summed E-state index contributed by atoms with van der Waals surface area (Å²) in [5.41, 5.74) is 14.9. The normalized spacial score (nSPS) is 18.5. The molecule has 162 valence electrons. The molecule has 0 aromatic heterocycles. The fourth-order valence-corrected chi connectivity index (χ4v) is 3.99. The first-order valence-electron chi connectivity index (χ1n) is 10.2. The van der Waals surface area contributed by atoms with Gasteiger partial charge in [-0.1, -0.05) is 6.07 Å². The summed E-state index contributed by atoms with van der Waals surface area (Å²) >= 11 is 0. The molecule has 1 saturated carbocycles. The maximum atomic E-state index is 11.9. The van der Waals surface area contributed by atoms with Crippen LogP contribution in [0.15, 0.2) is 30.3 Å². The van der Waals surface area contributed by atoms with Crippen molar-refractivity contribution in [2.75, 3.05) is 26.6 Å². The van der Waals surface area contributed by atoms with E-state index in [9.17, 15) is 4.79 Å². The van der Waals surface area contributed by atoms with Crippen LogP contribution in [0.3, 0.4) is 0 Å². The van der Waals surface area contributed by atoms with Crippen LogP contribution in [0, 0.1) is 0 Å². The molecule has 0 spiro atoms. The van der Waals surface area contributed by atoms with E-state index in [-0.39, 0.29) is 6.04 Å². The average Bonchev–Trinajstić information content (AvgIpc) is 2.74. The molecule has 7 nitrogen and oxygen atoms in total. The topological polar surface area (TPSA) is 109 Å². The van der Waals surface area contributed by atoms with Gasteiger partial charge in [-0.15, -0.1) is 0 Å². The number of methoxy groups -OCH3 is 3. The molecular weight excluding hydrogens is 382 g/mol. The largest absolute Gasteiger partial charge is 0.493 e. The number of primary amides is 1. The van der Waals surface area contributed by atoms with Crippen molar-refractivity contribution < 1.29 is 19.0 Å². The van der Waals surface area contributed by atoms with Crippen molar-refractivity contribution in [1.82, 2.24) is 0 Å². The van der Waals surface area contributed by atoms with Gasteiger partial charge in [-0.05, 0) is 67.5 Å². The number of hydrogen-bond acceptors (Lipinski definition) is 6. The highest BCUT2D eigenvalue weighted by atomic mass is 16.5. The van der Waals surface area contributed by atoms with Gasteiger partial charge in [0.15, 0.2) is 11.5 Å². The van der Waals surface area contributed by atoms with Crippen LogP contribution in [0.25, 0.3) is 0 Å². The Bertz CT molecular complexity index is 867. The first kappa shape index (κ1) is 21.8. The Morgan fingerprint density at radius 2 is 1.60 bits per heavy atom. The van der Waals surface area contributed by atoms with Crippen molar-refractivity contribution >= 4 is 11.6 Å². The van der Waals surface area contributed by atoms with Crippen LogP contribution in [0.4, 0.5) is 5.69 Å². The molecule has 1 amide bonds. The first-order chi connectivity index (χ1) is 14.4. The highest BCUT2D eigenvalue weighted by Crippen LogP contribution is 2.39. The van der Waals surface area contributed by atoms with Crippen molar-refractivity contribution in [3.05, 3.63) is 47.0 Å². The van der Waals surface area contributed by atoms with Crippen LogP contribution in [0.1, 0.15) is 47.2 Å². The number of hydrogen-bond donors (Lipinski definition) is 3. The van der Waals surface area contributed by atoms with Crippen molar-refractivity contribution in [3.8, 4) is 17.2 Å². The van der Waals surface area contributed by atoms with Gasteiger partial charge in [-0.2, -0.15) is 0 Å². The molecule has 0 saturated heterocycles. The summed E-state index contributed by atoms with van der Waals surface area (Å²) in [7, 11) is 4.78. The number of benzene rings is 2. The molecule has 0 atom stereocenters. The standard InChI is InChI=1S/C23H31N3O4/c1-28-20-12-15(13-21(29-2)22(20)30-3)10-14-4-9-18(23(25)27)19(11-14)26-17-7-5-16(24)6-8-17/h4,9,11-13,16-17,26H,5-8,10,24H2,1-3H3,(H2,25,27). The molecule has 1 aliphatic carbocycles. The monoisotopic (exact) mass is 413 g/mol. The molecule has 7 heteroatoms.